The number of rotatable bonds is 5. The highest BCUT2D eigenvalue weighted by molar-refractivity contribution is 5.76. The average molecular weight is 309 g/mol. The molecule has 1 rings (SSSR count). The Bertz CT molecular complexity index is 403. The van der Waals surface area contributed by atoms with Crippen LogP contribution in [0.25, 0.3) is 0 Å². The van der Waals surface area contributed by atoms with Crippen LogP contribution in [0, 0.1) is 0 Å². The first-order chi connectivity index (χ1) is 9.62. The molecule has 0 aromatic carbocycles. The number of ether oxygens (including phenoxy) is 1. The van der Waals surface area contributed by atoms with Gasteiger partial charge in [-0.2, -0.15) is 0 Å². The van der Waals surface area contributed by atoms with E-state index in [1.807, 2.05) is 0 Å². The van der Waals surface area contributed by atoms with Crippen LogP contribution in [0.15, 0.2) is 0 Å². The predicted molar refractivity (Wildman–Crippen MR) is 64.8 cm³/mol. The molecule has 1 fully saturated rings. The number of hydrogen-bond donors (Lipinski definition) is 7. The monoisotopic (exact) mass is 309 g/mol. The fourth-order valence-electron chi connectivity index (χ4n) is 2.14. The molecule has 0 radical (unpaired) electrons. The zero-order valence-corrected chi connectivity index (χ0v) is 11.2. The van der Waals surface area contributed by atoms with E-state index in [0.717, 1.165) is 6.92 Å². The van der Waals surface area contributed by atoms with Crippen molar-refractivity contribution >= 4 is 11.9 Å². The van der Waals surface area contributed by atoms with Crippen molar-refractivity contribution in [3.63, 3.8) is 0 Å². The van der Waals surface area contributed by atoms with Crippen LogP contribution >= 0.6 is 0 Å². The smallest absolute Gasteiger partial charge is 0.364 e. The summed E-state index contributed by atoms with van der Waals surface area (Å²) in [6.07, 6.45) is -7.48. The number of carboxylic acid groups (broad SMARTS) is 1. The number of hydrogen-bond acceptors (Lipinski definition) is 8. The van der Waals surface area contributed by atoms with Gasteiger partial charge in [-0.3, -0.25) is 4.79 Å². The van der Waals surface area contributed by atoms with Crippen LogP contribution in [0.3, 0.4) is 0 Å². The minimum Gasteiger partial charge on any atom is -0.477 e. The third kappa shape index (κ3) is 3.87. The molecule has 0 aliphatic carbocycles. The van der Waals surface area contributed by atoms with Crippen molar-refractivity contribution in [3.8, 4) is 0 Å². The summed E-state index contributed by atoms with van der Waals surface area (Å²) in [5.74, 6) is -5.17. The molecule has 7 N–H and O–H groups in total. The largest absolute Gasteiger partial charge is 0.477 e. The summed E-state index contributed by atoms with van der Waals surface area (Å²) in [5.41, 5.74) is 0. The van der Waals surface area contributed by atoms with E-state index >= 15 is 0 Å². The molecule has 6 atom stereocenters. The van der Waals surface area contributed by atoms with E-state index in [2.05, 4.69) is 5.32 Å². The fourth-order valence-corrected chi connectivity index (χ4v) is 2.14. The van der Waals surface area contributed by atoms with Crippen LogP contribution in [0.2, 0.25) is 0 Å². The van der Waals surface area contributed by atoms with Gasteiger partial charge in [-0.15, -0.1) is 0 Å². The fraction of sp³-hybridized carbons (Fsp3) is 0.818. The maximum absolute atomic E-state index is 11.1. The highest BCUT2D eigenvalue weighted by atomic mass is 16.7. The Kier molecular flexibility index (Phi) is 5.61. The lowest BCUT2D eigenvalue weighted by Crippen LogP contribution is -2.67. The summed E-state index contributed by atoms with van der Waals surface area (Å²) in [7, 11) is 0. The standard InChI is InChI=1S/C11H19NO9/c1-4(14)12-7-5(15)2-11(20,10(18)19)21-9(7)8(17)6(16)3-13/h5-9,13,15-17,20H,2-3H2,1H3,(H,12,14)(H,18,19)/t5?,6-,7?,8+,9?,11?/m1/s1. The highest BCUT2D eigenvalue weighted by Gasteiger charge is 2.53. The van der Waals surface area contributed by atoms with Crippen LogP contribution in [0.1, 0.15) is 13.3 Å². The predicted octanol–water partition coefficient (Wildman–Crippen LogP) is -3.87. The first-order valence-electron chi connectivity index (χ1n) is 6.18. The van der Waals surface area contributed by atoms with Gasteiger partial charge in [-0.25, -0.2) is 4.79 Å². The van der Waals surface area contributed by atoms with E-state index in [9.17, 15) is 30.0 Å². The molecule has 0 aromatic heterocycles. The first-order valence-corrected chi connectivity index (χ1v) is 6.18. The number of aliphatic carboxylic acids is 1. The van der Waals surface area contributed by atoms with Crippen molar-refractivity contribution in [2.75, 3.05) is 6.61 Å². The second-order valence-corrected chi connectivity index (χ2v) is 4.91. The molecular weight excluding hydrogens is 290 g/mol. The van der Waals surface area contributed by atoms with E-state index in [1.165, 1.54) is 0 Å². The number of aliphatic hydroxyl groups excluding tert-OH is 4. The van der Waals surface area contributed by atoms with Gasteiger partial charge in [0.05, 0.1) is 18.8 Å². The van der Waals surface area contributed by atoms with Crippen LogP contribution in [-0.4, -0.2) is 85.4 Å². The number of nitrogens with one attached hydrogen (secondary N) is 1. The lowest BCUT2D eigenvalue weighted by Gasteiger charge is -2.44. The molecule has 1 aliphatic heterocycles. The van der Waals surface area contributed by atoms with Gasteiger partial charge >= 0.3 is 5.97 Å². The average Bonchev–Trinajstić information content (AvgIpc) is 2.39. The van der Waals surface area contributed by atoms with Gasteiger partial charge in [0.25, 0.3) is 5.79 Å². The SMILES string of the molecule is CC(=O)NC1C(O)CC(O)(C(=O)O)OC1[C@@H](O)[C@H](O)CO. The zero-order valence-electron chi connectivity index (χ0n) is 11.2. The molecule has 10 heteroatoms. The van der Waals surface area contributed by atoms with Crippen molar-refractivity contribution in [2.45, 2.75) is 49.6 Å². The summed E-state index contributed by atoms with van der Waals surface area (Å²) >= 11 is 0. The van der Waals surface area contributed by atoms with E-state index in [4.69, 9.17) is 14.9 Å². The van der Waals surface area contributed by atoms with E-state index < -0.39 is 61.1 Å². The van der Waals surface area contributed by atoms with Gasteiger partial charge in [0.1, 0.15) is 18.3 Å². The molecule has 0 aromatic rings. The molecular formula is C11H19NO9. The molecule has 0 saturated carbocycles. The zero-order chi connectivity index (χ0) is 16.4. The summed E-state index contributed by atoms with van der Waals surface area (Å²) in [4.78, 5) is 22.1. The van der Waals surface area contributed by atoms with E-state index in [-0.39, 0.29) is 0 Å². The quantitative estimate of drug-likeness (QED) is 0.268. The minimum absolute atomic E-state index is 0.598. The summed E-state index contributed by atoms with van der Waals surface area (Å²) in [6, 6.07) is -1.27. The molecule has 1 heterocycles. The maximum atomic E-state index is 11.1. The summed E-state index contributed by atoms with van der Waals surface area (Å²) in [5, 5.41) is 59.0. The number of carbonyl (C=O) groups excluding carboxylic acids is 1. The molecule has 1 amide bonds. The first kappa shape index (κ1) is 17.8. The van der Waals surface area contributed by atoms with Gasteiger partial charge in [-0.05, 0) is 0 Å². The van der Waals surface area contributed by atoms with Crippen LogP contribution in [-0.2, 0) is 14.3 Å². The molecule has 4 unspecified atom stereocenters. The van der Waals surface area contributed by atoms with Crippen LogP contribution < -0.4 is 5.32 Å². The van der Waals surface area contributed by atoms with Gasteiger partial charge in [-0.1, -0.05) is 0 Å². The Morgan fingerprint density at radius 2 is 2.00 bits per heavy atom. The van der Waals surface area contributed by atoms with Crippen molar-refractivity contribution < 1.29 is 45.0 Å². The minimum atomic E-state index is -2.78. The Balaban J connectivity index is 3.07. The van der Waals surface area contributed by atoms with Crippen LogP contribution in [0.5, 0.6) is 0 Å². The molecule has 10 nitrogen and oxygen atoms in total. The number of carbonyl (C=O) groups is 2. The van der Waals surface area contributed by atoms with Crippen molar-refractivity contribution in [3.05, 3.63) is 0 Å². The summed E-state index contributed by atoms with van der Waals surface area (Å²) < 4.78 is 4.86. The number of aliphatic hydroxyl groups is 5. The summed E-state index contributed by atoms with van der Waals surface area (Å²) in [6.45, 7) is 0.256. The number of carboxylic acids is 1. The second kappa shape index (κ2) is 6.64. The third-order valence-corrected chi connectivity index (χ3v) is 3.21. The molecule has 1 aliphatic rings. The van der Waals surface area contributed by atoms with E-state index in [1.54, 1.807) is 0 Å². The van der Waals surface area contributed by atoms with Gasteiger partial charge in [0.15, 0.2) is 0 Å². The lowest BCUT2D eigenvalue weighted by molar-refractivity contribution is -0.295. The molecule has 122 valence electrons. The van der Waals surface area contributed by atoms with Crippen molar-refractivity contribution in [2.24, 2.45) is 0 Å². The third-order valence-electron chi connectivity index (χ3n) is 3.21. The lowest BCUT2D eigenvalue weighted by atomic mass is 9.88. The Hall–Kier alpha value is -1.30. The molecule has 0 spiro atoms. The molecule has 21 heavy (non-hydrogen) atoms. The highest BCUT2D eigenvalue weighted by Crippen LogP contribution is 2.30. The van der Waals surface area contributed by atoms with Gasteiger partial charge in [0, 0.05) is 13.3 Å². The van der Waals surface area contributed by atoms with Crippen LogP contribution in [0.4, 0.5) is 0 Å². The van der Waals surface area contributed by atoms with E-state index in [0.29, 0.717) is 0 Å². The Morgan fingerprint density at radius 3 is 2.43 bits per heavy atom. The number of amides is 1. The van der Waals surface area contributed by atoms with Crippen molar-refractivity contribution in [1.29, 1.82) is 0 Å². The van der Waals surface area contributed by atoms with Gasteiger partial charge < -0.3 is 40.7 Å². The Labute approximate surface area is 119 Å². The normalized spacial score (nSPS) is 35.8. The molecule has 0 bridgehead atoms. The molecule has 1 saturated heterocycles. The second-order valence-electron chi connectivity index (χ2n) is 4.91. The van der Waals surface area contributed by atoms with Crippen molar-refractivity contribution in [1.82, 2.24) is 5.32 Å². The maximum Gasteiger partial charge on any atom is 0.364 e. The Morgan fingerprint density at radius 1 is 1.43 bits per heavy atom. The topological polar surface area (TPSA) is 177 Å². The van der Waals surface area contributed by atoms with Gasteiger partial charge in [0.2, 0.25) is 5.91 Å².